The molecule has 174 valence electrons. The zero-order valence-corrected chi connectivity index (χ0v) is 19.1. The van der Waals surface area contributed by atoms with Crippen LogP contribution in [0.3, 0.4) is 0 Å². The van der Waals surface area contributed by atoms with Crippen LogP contribution in [-0.4, -0.2) is 32.0 Å². The number of carbonyl (C=O) groups is 1. The molecule has 1 amide bonds. The van der Waals surface area contributed by atoms with Gasteiger partial charge in [-0.25, -0.2) is 14.2 Å². The molecule has 5 rings (SSSR count). The highest BCUT2D eigenvalue weighted by atomic mass is 32.2. The maximum absolute atomic E-state index is 15.3. The fourth-order valence-electron chi connectivity index (χ4n) is 4.97. The molecule has 8 heteroatoms. The van der Waals surface area contributed by atoms with Crippen molar-refractivity contribution in [3.05, 3.63) is 89.8 Å². The van der Waals surface area contributed by atoms with E-state index >= 15 is 4.39 Å². The first-order valence-corrected chi connectivity index (χ1v) is 12.1. The zero-order valence-electron chi connectivity index (χ0n) is 18.3. The Morgan fingerprint density at radius 3 is 2.74 bits per heavy atom. The average Bonchev–Trinajstić information content (AvgIpc) is 3.28. The number of pyridine rings is 1. The van der Waals surface area contributed by atoms with Crippen molar-refractivity contribution >= 4 is 23.0 Å². The molecule has 0 saturated heterocycles. The molecule has 0 unspecified atom stereocenters. The van der Waals surface area contributed by atoms with Gasteiger partial charge in [0.1, 0.15) is 5.82 Å². The molecule has 1 saturated carbocycles. The molecule has 1 aliphatic heterocycles. The lowest BCUT2D eigenvalue weighted by atomic mass is 9.80. The van der Waals surface area contributed by atoms with Crippen molar-refractivity contribution in [3.63, 3.8) is 0 Å². The molecule has 2 aromatic carbocycles. The summed E-state index contributed by atoms with van der Waals surface area (Å²) in [5, 5.41) is 10.3. The number of benzene rings is 2. The SMILES string of the molecule is O=C(O)N(Cc1ccccc1)C1=N[C@@]2(c3cc(-c4cccnc4F)ccc3F)CCC[C@H]2CS1. The van der Waals surface area contributed by atoms with Gasteiger partial charge in [0.25, 0.3) is 0 Å². The van der Waals surface area contributed by atoms with Gasteiger partial charge < -0.3 is 5.11 Å². The van der Waals surface area contributed by atoms with E-state index < -0.39 is 23.4 Å². The lowest BCUT2D eigenvalue weighted by molar-refractivity contribution is 0.167. The van der Waals surface area contributed by atoms with Crippen molar-refractivity contribution in [2.75, 3.05) is 5.75 Å². The number of hydrogen-bond acceptors (Lipinski definition) is 4. The highest BCUT2D eigenvalue weighted by molar-refractivity contribution is 8.13. The molecule has 1 fully saturated rings. The first-order chi connectivity index (χ1) is 16.5. The Bertz CT molecular complexity index is 1250. The summed E-state index contributed by atoms with van der Waals surface area (Å²) in [6, 6.07) is 17.1. The van der Waals surface area contributed by atoms with Crippen molar-refractivity contribution in [1.29, 1.82) is 0 Å². The number of hydrogen-bond donors (Lipinski definition) is 1. The largest absolute Gasteiger partial charge is 0.465 e. The van der Waals surface area contributed by atoms with E-state index in [0.29, 0.717) is 34.0 Å². The Kier molecular flexibility index (Phi) is 6.08. The first kappa shape index (κ1) is 22.5. The summed E-state index contributed by atoms with van der Waals surface area (Å²) in [6.07, 6.45) is 2.61. The molecule has 2 aliphatic rings. The second-order valence-electron chi connectivity index (χ2n) is 8.61. The zero-order chi connectivity index (χ0) is 23.7. The van der Waals surface area contributed by atoms with Crippen LogP contribution in [0.15, 0.2) is 71.9 Å². The molecule has 0 spiro atoms. The van der Waals surface area contributed by atoms with Crippen LogP contribution >= 0.6 is 11.8 Å². The number of amidine groups is 1. The number of rotatable bonds is 4. The van der Waals surface area contributed by atoms with Crippen LogP contribution in [0.4, 0.5) is 13.6 Å². The average molecular weight is 480 g/mol. The number of halogens is 2. The Morgan fingerprint density at radius 2 is 1.97 bits per heavy atom. The highest BCUT2D eigenvalue weighted by Crippen LogP contribution is 2.52. The van der Waals surface area contributed by atoms with Gasteiger partial charge in [0.15, 0.2) is 5.17 Å². The topological polar surface area (TPSA) is 65.8 Å². The van der Waals surface area contributed by atoms with Crippen molar-refractivity contribution in [3.8, 4) is 11.1 Å². The van der Waals surface area contributed by atoms with Crippen LogP contribution in [0.25, 0.3) is 11.1 Å². The lowest BCUT2D eigenvalue weighted by Gasteiger charge is -2.38. The second kappa shape index (κ2) is 9.18. The predicted octanol–water partition coefficient (Wildman–Crippen LogP) is 6.31. The lowest BCUT2D eigenvalue weighted by Crippen LogP contribution is -2.42. The standard InChI is InChI=1S/C26H23F2N3O2S/c27-22-11-10-18(20-9-5-13-29-23(20)28)14-21(22)26-12-4-8-19(26)16-34-24(30-26)31(25(32)33)15-17-6-2-1-3-7-17/h1-3,5-7,9-11,13-14,19H,4,8,12,15-16H2,(H,32,33)/t19-,26-/m0/s1. The summed E-state index contributed by atoms with van der Waals surface area (Å²) >= 11 is 1.40. The maximum Gasteiger partial charge on any atom is 0.413 e. The summed E-state index contributed by atoms with van der Waals surface area (Å²) in [5.41, 5.74) is 1.16. The summed E-state index contributed by atoms with van der Waals surface area (Å²) in [7, 11) is 0. The fraction of sp³-hybridized carbons (Fsp3) is 0.269. The van der Waals surface area contributed by atoms with Crippen LogP contribution in [0.1, 0.15) is 30.4 Å². The van der Waals surface area contributed by atoms with E-state index in [4.69, 9.17) is 4.99 Å². The second-order valence-corrected chi connectivity index (χ2v) is 9.60. The molecule has 34 heavy (non-hydrogen) atoms. The van der Waals surface area contributed by atoms with Gasteiger partial charge in [-0.3, -0.25) is 9.89 Å². The normalized spacial score (nSPS) is 21.6. The van der Waals surface area contributed by atoms with Crippen LogP contribution in [0.2, 0.25) is 0 Å². The number of aromatic nitrogens is 1. The Hall–Kier alpha value is -3.26. The number of fused-ring (bicyclic) bond motifs is 1. The minimum atomic E-state index is -1.10. The Labute approximate surface area is 200 Å². The number of aliphatic imine (C=N–C) groups is 1. The maximum atomic E-state index is 15.3. The van der Waals surface area contributed by atoms with Crippen LogP contribution in [-0.2, 0) is 12.1 Å². The number of nitrogens with zero attached hydrogens (tertiary/aromatic N) is 3. The van der Waals surface area contributed by atoms with Gasteiger partial charge in [0.2, 0.25) is 5.95 Å². The molecule has 1 aliphatic carbocycles. The fourth-order valence-corrected chi connectivity index (χ4v) is 6.29. The quantitative estimate of drug-likeness (QED) is 0.446. The molecular formula is C26H23F2N3O2S. The molecule has 5 nitrogen and oxygen atoms in total. The molecule has 0 bridgehead atoms. The van der Waals surface area contributed by atoms with E-state index in [-0.39, 0.29) is 12.5 Å². The Balaban J connectivity index is 1.59. The van der Waals surface area contributed by atoms with E-state index in [1.807, 2.05) is 30.3 Å². The molecule has 0 radical (unpaired) electrons. The first-order valence-electron chi connectivity index (χ1n) is 11.2. The van der Waals surface area contributed by atoms with Crippen molar-refractivity contribution in [2.24, 2.45) is 10.9 Å². The van der Waals surface area contributed by atoms with E-state index in [9.17, 15) is 14.3 Å². The number of amides is 1. The molecule has 3 aromatic rings. The van der Waals surface area contributed by atoms with Gasteiger partial charge in [-0.2, -0.15) is 4.39 Å². The van der Waals surface area contributed by atoms with Gasteiger partial charge in [-0.05, 0) is 54.2 Å². The summed E-state index contributed by atoms with van der Waals surface area (Å²) in [6.45, 7) is 0.159. The minimum Gasteiger partial charge on any atom is -0.465 e. The summed E-state index contributed by atoms with van der Waals surface area (Å²) in [5.74, 6) is -0.330. The third kappa shape index (κ3) is 4.07. The van der Waals surface area contributed by atoms with Crippen LogP contribution in [0.5, 0.6) is 0 Å². The molecular weight excluding hydrogens is 456 g/mol. The van der Waals surface area contributed by atoms with E-state index in [0.717, 1.165) is 18.4 Å². The van der Waals surface area contributed by atoms with Crippen LogP contribution in [0, 0.1) is 17.7 Å². The number of carboxylic acid groups (broad SMARTS) is 1. The van der Waals surface area contributed by atoms with Gasteiger partial charge in [-0.1, -0.05) is 54.6 Å². The molecule has 2 heterocycles. The minimum absolute atomic E-state index is 0.0668. The van der Waals surface area contributed by atoms with Crippen molar-refractivity contribution in [2.45, 2.75) is 31.3 Å². The Morgan fingerprint density at radius 1 is 1.15 bits per heavy atom. The molecule has 1 aromatic heterocycles. The molecule has 2 atom stereocenters. The van der Waals surface area contributed by atoms with Gasteiger partial charge in [-0.15, -0.1) is 0 Å². The number of thioether (sulfide) groups is 1. The predicted molar refractivity (Wildman–Crippen MR) is 129 cm³/mol. The van der Waals surface area contributed by atoms with E-state index in [1.54, 1.807) is 24.3 Å². The van der Waals surface area contributed by atoms with E-state index in [1.165, 1.54) is 28.9 Å². The van der Waals surface area contributed by atoms with Gasteiger partial charge >= 0.3 is 6.09 Å². The third-order valence-corrected chi connectivity index (χ3v) is 7.78. The van der Waals surface area contributed by atoms with E-state index in [2.05, 4.69) is 4.98 Å². The van der Waals surface area contributed by atoms with Crippen molar-refractivity contribution in [1.82, 2.24) is 9.88 Å². The smallest absolute Gasteiger partial charge is 0.413 e. The van der Waals surface area contributed by atoms with Gasteiger partial charge in [0.05, 0.1) is 12.1 Å². The van der Waals surface area contributed by atoms with Gasteiger partial charge in [0, 0.05) is 23.1 Å². The highest BCUT2D eigenvalue weighted by Gasteiger charge is 2.49. The summed E-state index contributed by atoms with van der Waals surface area (Å²) in [4.78, 5) is 22.1. The monoisotopic (exact) mass is 479 g/mol. The van der Waals surface area contributed by atoms with Crippen molar-refractivity contribution < 1.29 is 18.7 Å². The third-order valence-electron chi connectivity index (χ3n) is 6.64. The van der Waals surface area contributed by atoms with Crippen LogP contribution < -0.4 is 0 Å². The summed E-state index contributed by atoms with van der Waals surface area (Å²) < 4.78 is 29.7. The molecule has 1 N–H and O–H groups in total.